The van der Waals surface area contributed by atoms with E-state index in [9.17, 15) is 18.0 Å². The molecule has 0 N–H and O–H groups in total. The van der Waals surface area contributed by atoms with Gasteiger partial charge < -0.3 is 13.9 Å². The van der Waals surface area contributed by atoms with Gasteiger partial charge in [-0.3, -0.25) is 0 Å². The zero-order chi connectivity index (χ0) is 16.4. The summed E-state index contributed by atoms with van der Waals surface area (Å²) >= 11 is 0.998. The summed E-state index contributed by atoms with van der Waals surface area (Å²) in [6, 6.07) is 10.4. The predicted molar refractivity (Wildman–Crippen MR) is 77.8 cm³/mol. The summed E-state index contributed by atoms with van der Waals surface area (Å²) in [6.45, 7) is 0.159. The van der Waals surface area contributed by atoms with Crippen LogP contribution in [0.4, 0.5) is 13.2 Å². The van der Waals surface area contributed by atoms with Crippen LogP contribution in [0.2, 0.25) is 0 Å². The molecule has 0 bridgehead atoms. The van der Waals surface area contributed by atoms with Crippen molar-refractivity contribution in [3.63, 3.8) is 0 Å². The van der Waals surface area contributed by atoms with Crippen molar-refractivity contribution in [1.29, 1.82) is 0 Å². The summed E-state index contributed by atoms with van der Waals surface area (Å²) in [7, 11) is 0. The average Bonchev–Trinajstić information content (AvgIpc) is 2.84. The molecule has 0 aliphatic carbocycles. The van der Waals surface area contributed by atoms with Crippen LogP contribution in [0.1, 0.15) is 5.56 Å². The highest BCUT2D eigenvalue weighted by atomic mass is 32.1. The number of rotatable bonds is 4. The van der Waals surface area contributed by atoms with Crippen LogP contribution in [-0.2, 0) is 6.61 Å². The minimum absolute atomic E-state index is 0.159. The van der Waals surface area contributed by atoms with E-state index in [2.05, 4.69) is 4.74 Å². The van der Waals surface area contributed by atoms with Crippen LogP contribution in [0.5, 0.6) is 11.5 Å². The van der Waals surface area contributed by atoms with Crippen molar-refractivity contribution in [2.75, 3.05) is 0 Å². The van der Waals surface area contributed by atoms with E-state index < -0.39 is 11.3 Å². The van der Waals surface area contributed by atoms with Crippen molar-refractivity contribution < 1.29 is 27.1 Å². The van der Waals surface area contributed by atoms with Crippen LogP contribution in [-0.4, -0.2) is 6.36 Å². The maximum atomic E-state index is 12.1. The number of halogens is 3. The van der Waals surface area contributed by atoms with Crippen molar-refractivity contribution in [2.45, 2.75) is 13.0 Å². The SMILES string of the molecule is O=c1oc2cc(OCc3ccc(OC(F)(F)F)cc3)ccc2s1. The summed E-state index contributed by atoms with van der Waals surface area (Å²) in [5.74, 6) is 0.206. The van der Waals surface area contributed by atoms with E-state index in [-0.39, 0.29) is 12.4 Å². The van der Waals surface area contributed by atoms with Gasteiger partial charge in [-0.2, -0.15) is 0 Å². The summed E-state index contributed by atoms with van der Waals surface area (Å²) in [6.07, 6.45) is -4.71. The minimum atomic E-state index is -4.71. The van der Waals surface area contributed by atoms with Crippen molar-refractivity contribution in [2.24, 2.45) is 0 Å². The highest BCUT2D eigenvalue weighted by molar-refractivity contribution is 7.16. The fourth-order valence-corrected chi connectivity index (χ4v) is 2.54. The summed E-state index contributed by atoms with van der Waals surface area (Å²) in [4.78, 5) is 10.7. The lowest BCUT2D eigenvalue weighted by Crippen LogP contribution is -2.17. The van der Waals surface area contributed by atoms with Gasteiger partial charge in [0.15, 0.2) is 5.58 Å². The third kappa shape index (κ3) is 4.04. The fourth-order valence-electron chi connectivity index (χ4n) is 1.90. The minimum Gasteiger partial charge on any atom is -0.489 e. The number of alkyl halides is 3. The molecule has 0 amide bonds. The van der Waals surface area contributed by atoms with E-state index in [0.29, 0.717) is 16.9 Å². The molecule has 0 radical (unpaired) electrons. The lowest BCUT2D eigenvalue weighted by atomic mass is 10.2. The van der Waals surface area contributed by atoms with E-state index in [1.165, 1.54) is 24.3 Å². The lowest BCUT2D eigenvalue weighted by Gasteiger charge is -2.10. The van der Waals surface area contributed by atoms with Gasteiger partial charge in [0.2, 0.25) is 0 Å². The van der Waals surface area contributed by atoms with Gasteiger partial charge in [0.05, 0.1) is 4.70 Å². The third-order valence-electron chi connectivity index (χ3n) is 2.86. The van der Waals surface area contributed by atoms with E-state index >= 15 is 0 Å². The van der Waals surface area contributed by atoms with Crippen molar-refractivity contribution in [1.82, 2.24) is 0 Å². The Morgan fingerprint density at radius 3 is 2.43 bits per heavy atom. The van der Waals surface area contributed by atoms with Crippen LogP contribution in [0.25, 0.3) is 10.3 Å². The van der Waals surface area contributed by atoms with Gasteiger partial charge in [-0.25, -0.2) is 4.79 Å². The zero-order valence-corrected chi connectivity index (χ0v) is 12.2. The Morgan fingerprint density at radius 2 is 1.74 bits per heavy atom. The Labute approximate surface area is 131 Å². The van der Waals surface area contributed by atoms with E-state index in [1.807, 2.05) is 0 Å². The topological polar surface area (TPSA) is 48.7 Å². The highest BCUT2D eigenvalue weighted by Gasteiger charge is 2.30. The second kappa shape index (κ2) is 5.96. The molecular weight excluding hydrogens is 333 g/mol. The van der Waals surface area contributed by atoms with Crippen molar-refractivity contribution >= 4 is 21.6 Å². The number of fused-ring (bicyclic) bond motifs is 1. The molecule has 3 aromatic rings. The Morgan fingerprint density at radius 1 is 1.04 bits per heavy atom. The van der Waals surface area contributed by atoms with Gasteiger partial charge >= 0.3 is 11.3 Å². The number of benzene rings is 2. The van der Waals surface area contributed by atoms with Gasteiger partial charge in [-0.15, -0.1) is 13.2 Å². The molecule has 1 aromatic heterocycles. The van der Waals surface area contributed by atoms with E-state index in [0.717, 1.165) is 16.0 Å². The number of ether oxygens (including phenoxy) is 2. The molecule has 1 heterocycles. The van der Waals surface area contributed by atoms with Crippen LogP contribution in [0.15, 0.2) is 51.7 Å². The fraction of sp³-hybridized carbons (Fsp3) is 0.133. The number of hydrogen-bond donors (Lipinski definition) is 0. The van der Waals surface area contributed by atoms with Crippen LogP contribution in [0, 0.1) is 0 Å². The standard InChI is InChI=1S/C15H9F3O4S/c16-15(17,18)22-10-3-1-9(2-4-10)8-20-11-5-6-13-12(7-11)21-14(19)23-13/h1-7H,8H2. The van der Waals surface area contributed by atoms with Gasteiger partial charge in [0, 0.05) is 6.07 Å². The second-order valence-electron chi connectivity index (χ2n) is 4.54. The van der Waals surface area contributed by atoms with Gasteiger partial charge in [-0.05, 0) is 29.8 Å². The summed E-state index contributed by atoms with van der Waals surface area (Å²) in [5, 5.41) is 0. The van der Waals surface area contributed by atoms with Gasteiger partial charge in [-0.1, -0.05) is 23.5 Å². The predicted octanol–water partition coefficient (Wildman–Crippen LogP) is 4.33. The van der Waals surface area contributed by atoms with Crippen molar-refractivity contribution in [3.8, 4) is 11.5 Å². The molecule has 120 valence electrons. The molecule has 0 saturated heterocycles. The molecule has 0 unspecified atom stereocenters. The molecule has 0 aliphatic rings. The van der Waals surface area contributed by atoms with Crippen LogP contribution in [0.3, 0.4) is 0 Å². The molecule has 0 atom stereocenters. The molecular formula is C15H9F3O4S. The highest BCUT2D eigenvalue weighted by Crippen LogP contribution is 2.25. The van der Waals surface area contributed by atoms with Crippen LogP contribution < -0.4 is 14.4 Å². The zero-order valence-electron chi connectivity index (χ0n) is 11.4. The molecule has 0 fully saturated rings. The van der Waals surface area contributed by atoms with Crippen molar-refractivity contribution in [3.05, 3.63) is 57.8 Å². The maximum absolute atomic E-state index is 12.1. The molecule has 4 nitrogen and oxygen atoms in total. The smallest absolute Gasteiger partial charge is 0.489 e. The molecule has 2 aromatic carbocycles. The van der Waals surface area contributed by atoms with Gasteiger partial charge in [0.1, 0.15) is 18.1 Å². The number of hydrogen-bond acceptors (Lipinski definition) is 5. The normalized spacial score (nSPS) is 11.6. The van der Waals surface area contributed by atoms with Crippen LogP contribution >= 0.6 is 11.3 Å². The molecule has 0 spiro atoms. The maximum Gasteiger partial charge on any atom is 0.573 e. The largest absolute Gasteiger partial charge is 0.573 e. The molecule has 23 heavy (non-hydrogen) atoms. The molecule has 0 saturated carbocycles. The average molecular weight is 342 g/mol. The molecule has 8 heteroatoms. The Bertz CT molecular complexity index is 865. The quantitative estimate of drug-likeness (QED) is 0.708. The van der Waals surface area contributed by atoms with E-state index in [1.54, 1.807) is 18.2 Å². The first-order valence-electron chi connectivity index (χ1n) is 6.40. The summed E-state index contributed by atoms with van der Waals surface area (Å²) in [5.41, 5.74) is 1.11. The Kier molecular flexibility index (Phi) is 3.99. The Hall–Kier alpha value is -2.48. The Balaban J connectivity index is 1.66. The monoisotopic (exact) mass is 342 g/mol. The lowest BCUT2D eigenvalue weighted by molar-refractivity contribution is -0.274. The molecule has 0 aliphatic heterocycles. The van der Waals surface area contributed by atoms with Gasteiger partial charge in [0.25, 0.3) is 0 Å². The second-order valence-corrected chi connectivity index (χ2v) is 5.52. The summed E-state index contributed by atoms with van der Waals surface area (Å²) < 4.78 is 51.2. The first-order chi connectivity index (χ1) is 10.9. The first-order valence-corrected chi connectivity index (χ1v) is 7.22. The third-order valence-corrected chi connectivity index (χ3v) is 3.67. The first kappa shape index (κ1) is 15.4. The van der Waals surface area contributed by atoms with E-state index in [4.69, 9.17) is 9.15 Å². The molecule has 3 rings (SSSR count).